The number of nitrogens with one attached hydrogen (secondary N) is 1. The minimum atomic E-state index is -3.33. The first-order chi connectivity index (χ1) is 13.8. The molecule has 1 atom stereocenters. The molecule has 0 aliphatic carbocycles. The van der Waals surface area contributed by atoms with Gasteiger partial charge in [0.1, 0.15) is 11.6 Å². The number of hydrogen-bond donors (Lipinski definition) is 1. The SMILES string of the molecule is CCS(=O)(=O)N(C)Cc1nc(NC)cc([C@@H]2CC(=O)N(Cc3ccccc3)C2)n1. The molecule has 1 fully saturated rings. The number of benzene rings is 1. The van der Waals surface area contributed by atoms with E-state index in [2.05, 4.69) is 15.3 Å². The van der Waals surface area contributed by atoms with E-state index in [0.717, 1.165) is 11.3 Å². The van der Waals surface area contributed by atoms with Crippen LogP contribution in [0, 0.1) is 0 Å². The van der Waals surface area contributed by atoms with Crippen LogP contribution in [0.3, 0.4) is 0 Å². The number of hydrogen-bond acceptors (Lipinski definition) is 6. The highest BCUT2D eigenvalue weighted by atomic mass is 32.2. The van der Waals surface area contributed by atoms with Crippen molar-refractivity contribution in [3.05, 3.63) is 53.5 Å². The second-order valence-electron chi connectivity index (χ2n) is 7.16. The first-order valence-corrected chi connectivity index (χ1v) is 11.2. The summed E-state index contributed by atoms with van der Waals surface area (Å²) in [7, 11) is -0.0531. The van der Waals surface area contributed by atoms with E-state index in [1.54, 1.807) is 14.0 Å². The summed E-state index contributed by atoms with van der Waals surface area (Å²) in [6.45, 7) is 2.85. The predicted molar refractivity (Wildman–Crippen MR) is 112 cm³/mol. The fourth-order valence-corrected chi connectivity index (χ4v) is 4.12. The van der Waals surface area contributed by atoms with E-state index in [0.29, 0.717) is 31.2 Å². The molecule has 156 valence electrons. The molecule has 8 nitrogen and oxygen atoms in total. The second-order valence-corrected chi connectivity index (χ2v) is 9.53. The molecule has 1 aromatic carbocycles. The van der Waals surface area contributed by atoms with Gasteiger partial charge in [0.05, 0.1) is 18.0 Å². The standard InChI is InChI=1S/C20H27N5O3S/c1-4-29(27,28)24(3)14-19-22-17(11-18(21-2)23-19)16-10-20(26)25(13-16)12-15-8-6-5-7-9-15/h5-9,11,16H,4,10,12-14H2,1-3H3,(H,21,22,23)/t16-/m1/s1. The summed E-state index contributed by atoms with van der Waals surface area (Å²) in [6, 6.07) is 11.7. The van der Waals surface area contributed by atoms with Gasteiger partial charge in [-0.2, -0.15) is 4.31 Å². The summed E-state index contributed by atoms with van der Waals surface area (Å²) >= 11 is 0. The molecule has 29 heavy (non-hydrogen) atoms. The topological polar surface area (TPSA) is 95.5 Å². The van der Waals surface area contributed by atoms with Gasteiger partial charge >= 0.3 is 0 Å². The zero-order valence-electron chi connectivity index (χ0n) is 17.0. The van der Waals surface area contributed by atoms with Crippen LogP contribution in [0.15, 0.2) is 36.4 Å². The lowest BCUT2D eigenvalue weighted by Crippen LogP contribution is -2.29. The molecule has 1 saturated heterocycles. The summed E-state index contributed by atoms with van der Waals surface area (Å²) in [4.78, 5) is 23.4. The van der Waals surface area contributed by atoms with Crippen molar-refractivity contribution < 1.29 is 13.2 Å². The first kappa shape index (κ1) is 21.2. The van der Waals surface area contributed by atoms with Crippen LogP contribution in [0.1, 0.15) is 36.3 Å². The van der Waals surface area contributed by atoms with Crippen molar-refractivity contribution in [3.8, 4) is 0 Å². The van der Waals surface area contributed by atoms with Gasteiger partial charge in [0.25, 0.3) is 0 Å². The summed E-state index contributed by atoms with van der Waals surface area (Å²) in [6.07, 6.45) is 0.384. The van der Waals surface area contributed by atoms with Gasteiger partial charge in [-0.15, -0.1) is 0 Å². The number of likely N-dealkylation sites (tertiary alicyclic amines) is 1. The smallest absolute Gasteiger partial charge is 0.223 e. The number of aromatic nitrogens is 2. The highest BCUT2D eigenvalue weighted by molar-refractivity contribution is 7.89. The number of carbonyl (C=O) groups excluding carboxylic acids is 1. The van der Waals surface area contributed by atoms with Gasteiger partial charge in [-0.1, -0.05) is 30.3 Å². The van der Waals surface area contributed by atoms with Crippen LogP contribution in [0.2, 0.25) is 0 Å². The molecule has 0 spiro atoms. The fraction of sp³-hybridized carbons (Fsp3) is 0.450. The van der Waals surface area contributed by atoms with E-state index in [1.165, 1.54) is 11.4 Å². The summed E-state index contributed by atoms with van der Waals surface area (Å²) in [5.74, 6) is 1.10. The Balaban J connectivity index is 1.78. The quantitative estimate of drug-likeness (QED) is 0.704. The molecular weight excluding hydrogens is 390 g/mol. The van der Waals surface area contributed by atoms with Gasteiger partial charge in [-0.05, 0) is 12.5 Å². The van der Waals surface area contributed by atoms with Crippen LogP contribution in [0.4, 0.5) is 5.82 Å². The van der Waals surface area contributed by atoms with Gasteiger partial charge in [0.15, 0.2) is 0 Å². The number of anilines is 1. The molecule has 1 N–H and O–H groups in total. The molecule has 1 aliphatic rings. The number of sulfonamides is 1. The highest BCUT2D eigenvalue weighted by Crippen LogP contribution is 2.29. The van der Waals surface area contributed by atoms with Crippen molar-refractivity contribution in [2.24, 2.45) is 0 Å². The lowest BCUT2D eigenvalue weighted by atomic mass is 10.0. The Kier molecular flexibility index (Phi) is 6.49. The maximum atomic E-state index is 12.5. The molecule has 9 heteroatoms. The Labute approximate surface area is 172 Å². The largest absolute Gasteiger partial charge is 0.373 e. The van der Waals surface area contributed by atoms with Crippen molar-refractivity contribution in [2.75, 3.05) is 31.7 Å². The average Bonchev–Trinajstić information content (AvgIpc) is 3.08. The van der Waals surface area contributed by atoms with Crippen LogP contribution in [-0.2, 0) is 27.9 Å². The Bertz CT molecular complexity index is 965. The van der Waals surface area contributed by atoms with Crippen LogP contribution in [0.25, 0.3) is 0 Å². The molecule has 0 saturated carbocycles. The number of rotatable bonds is 8. The molecule has 0 radical (unpaired) electrons. The van der Waals surface area contributed by atoms with Crippen molar-refractivity contribution in [1.29, 1.82) is 0 Å². The van der Waals surface area contributed by atoms with Crippen LogP contribution >= 0.6 is 0 Å². The summed E-state index contributed by atoms with van der Waals surface area (Å²) < 4.78 is 25.4. The Morgan fingerprint density at radius 1 is 1.24 bits per heavy atom. The van der Waals surface area contributed by atoms with E-state index in [1.807, 2.05) is 41.3 Å². The maximum absolute atomic E-state index is 12.5. The monoisotopic (exact) mass is 417 g/mol. The zero-order chi connectivity index (χ0) is 21.0. The van der Waals surface area contributed by atoms with Gasteiger partial charge in [-0.3, -0.25) is 4.79 Å². The van der Waals surface area contributed by atoms with E-state index in [-0.39, 0.29) is 24.1 Å². The molecule has 0 unspecified atom stereocenters. The van der Waals surface area contributed by atoms with Gasteiger partial charge in [0, 0.05) is 45.6 Å². The summed E-state index contributed by atoms with van der Waals surface area (Å²) in [5, 5.41) is 3.00. The van der Waals surface area contributed by atoms with E-state index in [9.17, 15) is 13.2 Å². The Morgan fingerprint density at radius 3 is 2.62 bits per heavy atom. The number of carbonyl (C=O) groups is 1. The van der Waals surface area contributed by atoms with Crippen molar-refractivity contribution in [3.63, 3.8) is 0 Å². The molecule has 2 heterocycles. The third kappa shape index (κ3) is 5.10. The normalized spacial score (nSPS) is 17.2. The number of amides is 1. The van der Waals surface area contributed by atoms with Crippen LogP contribution < -0.4 is 5.32 Å². The molecule has 0 bridgehead atoms. The first-order valence-electron chi connectivity index (χ1n) is 9.63. The Hall–Kier alpha value is -2.52. The molecule has 1 aliphatic heterocycles. The fourth-order valence-electron chi connectivity index (χ4n) is 3.37. The molecule has 1 amide bonds. The van der Waals surface area contributed by atoms with Gasteiger partial charge in [0.2, 0.25) is 15.9 Å². The summed E-state index contributed by atoms with van der Waals surface area (Å²) in [5.41, 5.74) is 1.85. The van der Waals surface area contributed by atoms with Crippen molar-refractivity contribution >= 4 is 21.7 Å². The molecular formula is C20H27N5O3S. The molecule has 1 aromatic heterocycles. The van der Waals surface area contributed by atoms with E-state index in [4.69, 9.17) is 0 Å². The van der Waals surface area contributed by atoms with E-state index < -0.39 is 10.0 Å². The maximum Gasteiger partial charge on any atom is 0.223 e. The molecule has 2 aromatic rings. The van der Waals surface area contributed by atoms with Crippen molar-refractivity contribution in [1.82, 2.24) is 19.2 Å². The average molecular weight is 418 g/mol. The Morgan fingerprint density at radius 2 is 1.97 bits per heavy atom. The van der Waals surface area contributed by atoms with Crippen molar-refractivity contribution in [2.45, 2.75) is 32.4 Å². The lowest BCUT2D eigenvalue weighted by Gasteiger charge is -2.18. The third-order valence-corrected chi connectivity index (χ3v) is 6.91. The zero-order valence-corrected chi connectivity index (χ0v) is 17.8. The van der Waals surface area contributed by atoms with E-state index >= 15 is 0 Å². The second kappa shape index (κ2) is 8.87. The predicted octanol–water partition coefficient (Wildman–Crippen LogP) is 1.82. The van der Waals surface area contributed by atoms with Crippen LogP contribution in [0.5, 0.6) is 0 Å². The number of nitrogens with zero attached hydrogens (tertiary/aromatic N) is 4. The van der Waals surface area contributed by atoms with Gasteiger partial charge < -0.3 is 10.2 Å². The minimum absolute atomic E-state index is 0.0215. The van der Waals surface area contributed by atoms with Crippen LogP contribution in [-0.4, -0.2) is 59.9 Å². The highest BCUT2D eigenvalue weighted by Gasteiger charge is 2.32. The lowest BCUT2D eigenvalue weighted by molar-refractivity contribution is -0.128. The molecule has 3 rings (SSSR count). The van der Waals surface area contributed by atoms with Gasteiger partial charge in [-0.25, -0.2) is 18.4 Å². The minimum Gasteiger partial charge on any atom is -0.373 e. The third-order valence-electron chi connectivity index (χ3n) is 5.10.